The monoisotopic (exact) mass is 420 g/mol. The molecule has 1 N–H and O–H groups in total. The van der Waals surface area contributed by atoms with Gasteiger partial charge in [0.1, 0.15) is 5.69 Å². The summed E-state index contributed by atoms with van der Waals surface area (Å²) in [7, 11) is 0. The molecular formula is C23H18Cl2N4. The number of rotatable bonds is 4. The number of aromatic nitrogens is 2. The zero-order valence-electron chi connectivity index (χ0n) is 15.7. The molecule has 1 heterocycles. The lowest BCUT2D eigenvalue weighted by atomic mass is 10.0. The average molecular weight is 421 g/mol. The number of hydrogen-bond acceptors (Lipinski definition) is 3. The van der Waals surface area contributed by atoms with E-state index in [4.69, 9.17) is 18.2 Å². The van der Waals surface area contributed by atoms with Crippen LogP contribution in [0.15, 0.2) is 66.7 Å². The Hall–Kier alpha value is -3.13. The smallest absolute Gasteiger partial charge is 0.188 e. The van der Waals surface area contributed by atoms with Crippen molar-refractivity contribution in [2.45, 2.75) is 13.5 Å². The molecule has 0 aliphatic rings. The molecule has 0 aliphatic heterocycles. The van der Waals surface area contributed by atoms with Crippen molar-refractivity contribution >= 4 is 46.3 Å². The van der Waals surface area contributed by atoms with E-state index in [-0.39, 0.29) is 12.4 Å². The van der Waals surface area contributed by atoms with Crippen molar-refractivity contribution in [1.29, 1.82) is 0 Å². The van der Waals surface area contributed by atoms with Crippen LogP contribution in [-0.2, 0) is 6.54 Å². The molecule has 1 aromatic heterocycles. The van der Waals surface area contributed by atoms with Crippen molar-refractivity contribution in [2.24, 2.45) is 0 Å². The van der Waals surface area contributed by atoms with Gasteiger partial charge in [-0.25, -0.2) is 4.85 Å². The first-order valence-electron chi connectivity index (χ1n) is 8.88. The molecule has 0 aliphatic carbocycles. The van der Waals surface area contributed by atoms with Gasteiger partial charge in [-0.2, -0.15) is 0 Å². The van der Waals surface area contributed by atoms with Gasteiger partial charge in [0.15, 0.2) is 11.5 Å². The summed E-state index contributed by atoms with van der Waals surface area (Å²) in [5.74, 6) is 0.650. The van der Waals surface area contributed by atoms with Gasteiger partial charge in [0.25, 0.3) is 0 Å². The number of aryl methyl sites for hydroxylation is 1. The van der Waals surface area contributed by atoms with Gasteiger partial charge >= 0.3 is 0 Å². The van der Waals surface area contributed by atoms with Crippen LogP contribution in [0.3, 0.4) is 0 Å². The van der Waals surface area contributed by atoms with E-state index in [1.54, 1.807) is 0 Å². The van der Waals surface area contributed by atoms with Gasteiger partial charge in [0, 0.05) is 27.9 Å². The second-order valence-corrected chi connectivity index (χ2v) is 6.95. The Morgan fingerprint density at radius 1 is 0.966 bits per heavy atom. The van der Waals surface area contributed by atoms with Gasteiger partial charge in [0.2, 0.25) is 0 Å². The molecule has 0 saturated heterocycles. The van der Waals surface area contributed by atoms with Gasteiger partial charge in [-0.1, -0.05) is 66.2 Å². The Morgan fingerprint density at radius 3 is 2.48 bits per heavy atom. The van der Waals surface area contributed by atoms with E-state index in [9.17, 15) is 0 Å². The van der Waals surface area contributed by atoms with Gasteiger partial charge in [-0.15, -0.1) is 22.6 Å². The Kier molecular flexibility index (Phi) is 6.33. The van der Waals surface area contributed by atoms with Crippen molar-refractivity contribution in [1.82, 2.24) is 10.2 Å². The van der Waals surface area contributed by atoms with Gasteiger partial charge in [-0.3, -0.25) is 0 Å². The summed E-state index contributed by atoms with van der Waals surface area (Å²) >= 11 is 6.23. The van der Waals surface area contributed by atoms with Crippen molar-refractivity contribution in [3.05, 3.63) is 94.3 Å². The summed E-state index contributed by atoms with van der Waals surface area (Å²) in [4.78, 5) is 3.56. The van der Waals surface area contributed by atoms with Crippen LogP contribution >= 0.6 is 24.0 Å². The summed E-state index contributed by atoms with van der Waals surface area (Å²) in [5, 5.41) is 14.8. The molecule has 0 radical (unpaired) electrons. The fraction of sp³-hybridized carbons (Fsp3) is 0.0870. The molecule has 4 nitrogen and oxygen atoms in total. The molecule has 0 spiro atoms. The van der Waals surface area contributed by atoms with Crippen LogP contribution in [-0.4, -0.2) is 10.2 Å². The highest BCUT2D eigenvalue weighted by molar-refractivity contribution is 6.31. The molecule has 0 fully saturated rings. The molecule has 4 aromatic rings. The predicted molar refractivity (Wildman–Crippen MR) is 122 cm³/mol. The van der Waals surface area contributed by atoms with Gasteiger partial charge < -0.3 is 5.32 Å². The summed E-state index contributed by atoms with van der Waals surface area (Å²) in [6.45, 7) is 9.89. The summed E-state index contributed by atoms with van der Waals surface area (Å²) in [6.07, 6.45) is 0. The van der Waals surface area contributed by atoms with Crippen LogP contribution in [0.4, 0.5) is 11.5 Å². The maximum absolute atomic E-state index is 7.34. The highest BCUT2D eigenvalue weighted by Gasteiger charge is 2.12. The third-order valence-corrected chi connectivity index (χ3v) is 5.04. The average Bonchev–Trinajstić information content (AvgIpc) is 2.74. The fourth-order valence-electron chi connectivity index (χ4n) is 3.08. The molecule has 0 atom stereocenters. The zero-order chi connectivity index (χ0) is 19.5. The van der Waals surface area contributed by atoms with E-state index >= 15 is 0 Å². The zero-order valence-corrected chi connectivity index (χ0v) is 17.3. The van der Waals surface area contributed by atoms with Crippen molar-refractivity contribution in [2.75, 3.05) is 5.32 Å². The molecule has 144 valence electrons. The van der Waals surface area contributed by atoms with Crippen LogP contribution in [0, 0.1) is 13.5 Å². The van der Waals surface area contributed by atoms with E-state index in [2.05, 4.69) is 20.4 Å². The molecular weight excluding hydrogens is 403 g/mol. The maximum Gasteiger partial charge on any atom is 0.188 e. The molecule has 6 heteroatoms. The van der Waals surface area contributed by atoms with Crippen molar-refractivity contribution in [3.63, 3.8) is 0 Å². The highest BCUT2D eigenvalue weighted by atomic mass is 35.5. The molecule has 0 amide bonds. The van der Waals surface area contributed by atoms with Crippen LogP contribution in [0.5, 0.6) is 0 Å². The minimum Gasteiger partial charge on any atom is -0.364 e. The maximum atomic E-state index is 7.34. The Morgan fingerprint density at radius 2 is 1.76 bits per heavy atom. The number of nitrogens with zero attached hydrogens (tertiary/aromatic N) is 3. The number of nitrogens with one attached hydrogen (secondary N) is 1. The number of halogens is 2. The minimum atomic E-state index is 0. The lowest BCUT2D eigenvalue weighted by molar-refractivity contribution is 1.02. The van der Waals surface area contributed by atoms with E-state index < -0.39 is 0 Å². The van der Waals surface area contributed by atoms with Crippen LogP contribution in [0.2, 0.25) is 5.02 Å². The number of anilines is 1. The summed E-state index contributed by atoms with van der Waals surface area (Å²) in [6, 6.07) is 21.5. The summed E-state index contributed by atoms with van der Waals surface area (Å²) in [5.41, 5.74) is 4.47. The van der Waals surface area contributed by atoms with E-state index in [1.165, 1.54) is 0 Å². The third kappa shape index (κ3) is 4.32. The van der Waals surface area contributed by atoms with Gasteiger partial charge in [-0.05, 0) is 30.2 Å². The molecule has 0 bridgehead atoms. The molecule has 0 unspecified atom stereocenters. The molecule has 29 heavy (non-hydrogen) atoms. The van der Waals surface area contributed by atoms with Crippen LogP contribution in [0.1, 0.15) is 11.1 Å². The Bertz CT molecular complexity index is 1200. The first-order chi connectivity index (χ1) is 13.7. The predicted octanol–water partition coefficient (Wildman–Crippen LogP) is 6.84. The van der Waals surface area contributed by atoms with E-state index in [0.717, 1.165) is 38.2 Å². The molecule has 0 saturated carbocycles. The quantitative estimate of drug-likeness (QED) is 0.367. The lowest BCUT2D eigenvalue weighted by Gasteiger charge is -2.12. The van der Waals surface area contributed by atoms with Crippen molar-refractivity contribution < 1.29 is 0 Å². The SMILES string of the molecule is Cl.[C-]#[N+]c1ccc2c(-c3ccccc3)nnc(NCc3ccc(C)c(Cl)c3)c2c1. The normalized spacial score (nSPS) is 10.2. The van der Waals surface area contributed by atoms with Crippen molar-refractivity contribution in [3.8, 4) is 11.3 Å². The standard InChI is InChI=1S/C23H17ClN4.ClH/c1-15-8-9-16(12-21(15)24)14-26-23-20-13-18(25-2)10-11-19(20)22(27-28-23)17-6-4-3-5-7-17;/h3-13H,14H2,1H3,(H,26,28);1H. The number of benzene rings is 3. The molecule has 4 rings (SSSR count). The van der Waals surface area contributed by atoms with Gasteiger partial charge in [0.05, 0.1) is 6.57 Å². The van der Waals surface area contributed by atoms with Crippen LogP contribution in [0.25, 0.3) is 26.9 Å². The fourth-order valence-corrected chi connectivity index (χ4v) is 3.29. The Labute approximate surface area is 180 Å². The second kappa shape index (κ2) is 8.91. The van der Waals surface area contributed by atoms with E-state index in [0.29, 0.717) is 18.1 Å². The highest BCUT2D eigenvalue weighted by Crippen LogP contribution is 2.32. The largest absolute Gasteiger partial charge is 0.364 e. The topological polar surface area (TPSA) is 42.2 Å². The Balaban J connectivity index is 0.00000240. The minimum absolute atomic E-state index is 0. The second-order valence-electron chi connectivity index (χ2n) is 6.54. The number of hydrogen-bond donors (Lipinski definition) is 1. The number of fused-ring (bicyclic) bond motifs is 1. The lowest BCUT2D eigenvalue weighted by Crippen LogP contribution is -2.04. The van der Waals surface area contributed by atoms with E-state index in [1.807, 2.05) is 73.7 Å². The summed E-state index contributed by atoms with van der Waals surface area (Å²) < 4.78 is 0. The molecule has 3 aromatic carbocycles. The first-order valence-corrected chi connectivity index (χ1v) is 9.26. The van der Waals surface area contributed by atoms with Crippen LogP contribution < -0.4 is 5.32 Å². The third-order valence-electron chi connectivity index (χ3n) is 4.64. The first kappa shape index (κ1) is 20.6.